The first-order valence-electron chi connectivity index (χ1n) is 5.45. The van der Waals surface area contributed by atoms with Gasteiger partial charge in [-0.3, -0.25) is 0 Å². The van der Waals surface area contributed by atoms with E-state index in [1.807, 2.05) is 0 Å². The summed E-state index contributed by atoms with van der Waals surface area (Å²) in [7, 11) is -0.481. The van der Waals surface area contributed by atoms with Crippen LogP contribution < -0.4 is 5.73 Å². The van der Waals surface area contributed by atoms with Gasteiger partial charge in [-0.05, 0) is 24.7 Å². The molecule has 16 heavy (non-hydrogen) atoms. The number of aromatic nitrogens is 3. The van der Waals surface area contributed by atoms with Crippen molar-refractivity contribution >= 4 is 15.8 Å². The minimum absolute atomic E-state index is 0.388. The second-order valence-electron chi connectivity index (χ2n) is 4.35. The molecule has 0 amide bonds. The topological polar surface area (TPSA) is 66.0 Å². The summed E-state index contributed by atoms with van der Waals surface area (Å²) in [5.41, 5.74) is 5.45. The first-order valence-corrected chi connectivity index (χ1v) is 8.24. The highest BCUT2D eigenvalue weighted by molar-refractivity contribution is 8.32. The van der Waals surface area contributed by atoms with Crippen LogP contribution in [0.3, 0.4) is 0 Å². The molecule has 0 aliphatic rings. The normalized spacial score (nSPS) is 12.9. The molecule has 0 saturated heterocycles. The smallest absolute Gasteiger partial charge is 0.166 e. The lowest BCUT2D eigenvalue weighted by Crippen LogP contribution is -2.14. The van der Waals surface area contributed by atoms with E-state index in [-0.39, 0.29) is 0 Å². The molecule has 0 atom stereocenters. The number of anilines is 1. The van der Waals surface area contributed by atoms with Crippen molar-refractivity contribution in [3.05, 3.63) is 6.20 Å². The van der Waals surface area contributed by atoms with Crippen LogP contribution in [0.5, 0.6) is 0 Å². The molecule has 1 aromatic rings. The van der Waals surface area contributed by atoms with Crippen molar-refractivity contribution in [1.29, 1.82) is 0 Å². The Morgan fingerprint density at radius 2 is 2.19 bits per heavy atom. The van der Waals surface area contributed by atoms with Crippen LogP contribution in [0.2, 0.25) is 0 Å². The standard InChI is InChI=1S/C10H22N4OS/c1-4-6-16(2,3)7-5-15-9-14-12-8-10(11)13-14/h8H,4-7,9H2,1-3H3,(H2,11,13). The number of hydrogen-bond donors (Lipinski definition) is 1. The van der Waals surface area contributed by atoms with Crippen LogP contribution in [-0.4, -0.2) is 45.6 Å². The summed E-state index contributed by atoms with van der Waals surface area (Å²) in [6, 6.07) is 0. The van der Waals surface area contributed by atoms with Crippen molar-refractivity contribution in [2.24, 2.45) is 0 Å². The Morgan fingerprint density at radius 1 is 1.44 bits per heavy atom. The van der Waals surface area contributed by atoms with Crippen molar-refractivity contribution in [1.82, 2.24) is 15.0 Å². The molecule has 1 aromatic heterocycles. The Morgan fingerprint density at radius 3 is 2.75 bits per heavy atom. The van der Waals surface area contributed by atoms with Crippen LogP contribution in [0, 0.1) is 0 Å². The summed E-state index contributed by atoms with van der Waals surface area (Å²) in [4.78, 5) is 1.47. The quantitative estimate of drug-likeness (QED) is 0.737. The molecular formula is C10H22N4OS. The summed E-state index contributed by atoms with van der Waals surface area (Å²) in [6.07, 6.45) is 7.48. The lowest BCUT2D eigenvalue weighted by molar-refractivity contribution is 0.0708. The minimum atomic E-state index is -0.481. The van der Waals surface area contributed by atoms with Gasteiger partial charge in [0, 0.05) is 5.75 Å². The predicted octanol–water partition coefficient (Wildman–Crippen LogP) is 1.31. The maximum Gasteiger partial charge on any atom is 0.166 e. The van der Waals surface area contributed by atoms with Crippen LogP contribution in [0.4, 0.5) is 5.82 Å². The molecule has 0 aliphatic heterocycles. The number of hydrogen-bond acceptors (Lipinski definition) is 4. The second-order valence-corrected chi connectivity index (χ2v) is 8.71. The van der Waals surface area contributed by atoms with E-state index in [9.17, 15) is 0 Å². The van der Waals surface area contributed by atoms with E-state index < -0.39 is 10.0 Å². The minimum Gasteiger partial charge on any atom is -0.381 e. The zero-order chi connectivity index (χ0) is 12.0. The largest absolute Gasteiger partial charge is 0.381 e. The van der Waals surface area contributed by atoms with Gasteiger partial charge in [0.1, 0.15) is 0 Å². The Bertz CT molecular complexity index is 314. The summed E-state index contributed by atoms with van der Waals surface area (Å²) in [6.45, 7) is 3.38. The van der Waals surface area contributed by atoms with E-state index in [1.165, 1.54) is 23.2 Å². The lowest BCUT2D eigenvalue weighted by Gasteiger charge is -2.30. The van der Waals surface area contributed by atoms with Gasteiger partial charge in [-0.25, -0.2) is 10.0 Å². The van der Waals surface area contributed by atoms with Crippen LogP contribution in [0.25, 0.3) is 0 Å². The van der Waals surface area contributed by atoms with E-state index in [2.05, 4.69) is 29.6 Å². The third-order valence-corrected chi connectivity index (χ3v) is 5.08. The van der Waals surface area contributed by atoms with Gasteiger partial charge in [0.15, 0.2) is 12.5 Å². The molecule has 6 heteroatoms. The number of ether oxygens (including phenoxy) is 1. The summed E-state index contributed by atoms with van der Waals surface area (Å²) in [5, 5.41) is 7.89. The van der Waals surface area contributed by atoms with Gasteiger partial charge in [0.25, 0.3) is 0 Å². The Hall–Kier alpha value is -0.750. The highest BCUT2D eigenvalue weighted by atomic mass is 32.3. The molecule has 0 bridgehead atoms. The van der Waals surface area contributed by atoms with Crippen molar-refractivity contribution in [2.45, 2.75) is 20.1 Å². The Balaban J connectivity index is 2.16. The zero-order valence-corrected chi connectivity index (χ0v) is 11.2. The summed E-state index contributed by atoms with van der Waals surface area (Å²) < 4.78 is 5.52. The molecule has 0 unspecified atom stereocenters. The van der Waals surface area contributed by atoms with E-state index in [1.54, 1.807) is 0 Å². The van der Waals surface area contributed by atoms with Crippen molar-refractivity contribution in [2.75, 3.05) is 36.4 Å². The Kier molecular flexibility index (Phi) is 5.08. The van der Waals surface area contributed by atoms with Gasteiger partial charge < -0.3 is 10.5 Å². The lowest BCUT2D eigenvalue weighted by atomic mass is 10.6. The average molecular weight is 246 g/mol. The first-order chi connectivity index (χ1) is 7.53. The molecule has 0 aromatic carbocycles. The molecule has 0 radical (unpaired) electrons. The van der Waals surface area contributed by atoms with Crippen molar-refractivity contribution in [3.63, 3.8) is 0 Å². The van der Waals surface area contributed by atoms with Gasteiger partial charge in [-0.1, -0.05) is 6.92 Å². The van der Waals surface area contributed by atoms with Gasteiger partial charge in [-0.2, -0.15) is 9.90 Å². The fraction of sp³-hybridized carbons (Fsp3) is 0.800. The molecule has 1 rings (SSSR count). The molecule has 0 spiro atoms. The molecule has 1 heterocycles. The fourth-order valence-corrected chi connectivity index (χ4v) is 3.34. The molecule has 0 aliphatic carbocycles. The third-order valence-electron chi connectivity index (χ3n) is 2.30. The first kappa shape index (κ1) is 13.3. The van der Waals surface area contributed by atoms with Gasteiger partial charge in [0.05, 0.1) is 12.8 Å². The number of rotatable bonds is 7. The molecule has 94 valence electrons. The molecule has 0 saturated carbocycles. The van der Waals surface area contributed by atoms with E-state index in [0.29, 0.717) is 12.5 Å². The van der Waals surface area contributed by atoms with Crippen molar-refractivity contribution in [3.8, 4) is 0 Å². The number of nitrogen functional groups attached to an aromatic ring is 1. The second kappa shape index (κ2) is 6.10. The van der Waals surface area contributed by atoms with Crippen molar-refractivity contribution < 1.29 is 4.74 Å². The van der Waals surface area contributed by atoms with E-state index in [4.69, 9.17) is 10.5 Å². The highest BCUT2D eigenvalue weighted by Crippen LogP contribution is 2.39. The summed E-state index contributed by atoms with van der Waals surface area (Å²) in [5.74, 6) is 2.88. The maximum atomic E-state index is 5.52. The van der Waals surface area contributed by atoms with Gasteiger partial charge in [0.2, 0.25) is 0 Å². The number of nitrogens with two attached hydrogens (primary N) is 1. The SMILES string of the molecule is CCCS(C)(C)CCOCn1ncc(N)n1. The zero-order valence-electron chi connectivity index (χ0n) is 10.3. The monoisotopic (exact) mass is 246 g/mol. The van der Waals surface area contributed by atoms with Crippen LogP contribution in [0.1, 0.15) is 13.3 Å². The molecule has 2 N–H and O–H groups in total. The molecule has 5 nitrogen and oxygen atoms in total. The van der Waals surface area contributed by atoms with Crippen LogP contribution in [-0.2, 0) is 11.5 Å². The Labute approximate surface area is 98.7 Å². The fourth-order valence-electron chi connectivity index (χ4n) is 1.46. The van der Waals surface area contributed by atoms with Gasteiger partial charge >= 0.3 is 0 Å². The predicted molar refractivity (Wildman–Crippen MR) is 69.9 cm³/mol. The molecule has 0 fully saturated rings. The average Bonchev–Trinajstić information content (AvgIpc) is 2.59. The molecular weight excluding hydrogens is 224 g/mol. The number of nitrogens with zero attached hydrogens (tertiary/aromatic N) is 3. The maximum absolute atomic E-state index is 5.52. The van der Waals surface area contributed by atoms with E-state index >= 15 is 0 Å². The van der Waals surface area contributed by atoms with Crippen LogP contribution >= 0.6 is 10.0 Å². The van der Waals surface area contributed by atoms with Crippen LogP contribution in [0.15, 0.2) is 6.20 Å². The summed E-state index contributed by atoms with van der Waals surface area (Å²) >= 11 is 0. The third kappa shape index (κ3) is 4.85. The van der Waals surface area contributed by atoms with E-state index in [0.717, 1.165) is 12.4 Å². The van der Waals surface area contributed by atoms with Gasteiger partial charge in [-0.15, -0.1) is 5.10 Å². The highest BCUT2D eigenvalue weighted by Gasteiger charge is 2.09.